The van der Waals surface area contributed by atoms with Gasteiger partial charge >= 0.3 is 5.69 Å². The van der Waals surface area contributed by atoms with Gasteiger partial charge in [-0.1, -0.05) is 0 Å². The third kappa shape index (κ3) is 2.46. The maximum Gasteiger partial charge on any atom is 0.331 e. The van der Waals surface area contributed by atoms with Gasteiger partial charge in [0.15, 0.2) is 0 Å². The lowest BCUT2D eigenvalue weighted by Gasteiger charge is -2.05. The van der Waals surface area contributed by atoms with Crippen molar-refractivity contribution >= 4 is 0 Å². The lowest BCUT2D eigenvalue weighted by Crippen LogP contribution is -2.29. The summed E-state index contributed by atoms with van der Waals surface area (Å²) < 4.78 is 1.05. The van der Waals surface area contributed by atoms with Crippen LogP contribution in [0.1, 0.15) is 12.8 Å². The molecule has 78 valence electrons. The molecule has 0 aliphatic heterocycles. The summed E-state index contributed by atoms with van der Waals surface area (Å²) in [4.78, 5) is 23.9. The van der Waals surface area contributed by atoms with Crippen LogP contribution in [0.25, 0.3) is 0 Å². The van der Waals surface area contributed by atoms with Crippen LogP contribution in [0.3, 0.4) is 0 Å². The standard InChI is InChI=1S/C8H12N2O4/c11-4-2-1-3-10-7(13)5-6(12)9-8(10)14/h5,11,13H,1-4H2,(H,9,12,14). The summed E-state index contributed by atoms with van der Waals surface area (Å²) in [5.74, 6) is -0.350. The molecule has 0 saturated heterocycles. The summed E-state index contributed by atoms with van der Waals surface area (Å²) in [6.45, 7) is 0.320. The summed E-state index contributed by atoms with van der Waals surface area (Å²) in [5, 5.41) is 17.8. The van der Waals surface area contributed by atoms with E-state index >= 15 is 0 Å². The molecule has 1 aromatic heterocycles. The number of aromatic amines is 1. The Morgan fingerprint density at radius 3 is 2.64 bits per heavy atom. The predicted octanol–water partition coefficient (Wildman–Crippen LogP) is -0.985. The van der Waals surface area contributed by atoms with Crippen molar-refractivity contribution in [3.63, 3.8) is 0 Å². The fraction of sp³-hybridized carbons (Fsp3) is 0.500. The molecule has 0 amide bonds. The van der Waals surface area contributed by atoms with Gasteiger partial charge in [0.2, 0.25) is 5.88 Å². The largest absolute Gasteiger partial charge is 0.494 e. The summed E-state index contributed by atoms with van der Waals surface area (Å²) in [7, 11) is 0. The molecule has 1 aromatic rings. The third-order valence-electron chi connectivity index (χ3n) is 1.80. The number of aliphatic hydroxyl groups is 1. The van der Waals surface area contributed by atoms with Gasteiger partial charge in [-0.25, -0.2) is 4.79 Å². The van der Waals surface area contributed by atoms with Gasteiger partial charge in [0.25, 0.3) is 5.56 Å². The number of aromatic nitrogens is 2. The number of nitrogens with zero attached hydrogens (tertiary/aromatic N) is 1. The number of aliphatic hydroxyl groups excluding tert-OH is 1. The van der Waals surface area contributed by atoms with E-state index in [9.17, 15) is 14.7 Å². The highest BCUT2D eigenvalue weighted by Crippen LogP contribution is 2.02. The van der Waals surface area contributed by atoms with Crippen LogP contribution in [0.5, 0.6) is 5.88 Å². The molecule has 0 bridgehead atoms. The van der Waals surface area contributed by atoms with Gasteiger partial charge in [-0.3, -0.25) is 14.3 Å². The summed E-state index contributed by atoms with van der Waals surface area (Å²) in [5.41, 5.74) is -1.25. The van der Waals surface area contributed by atoms with E-state index < -0.39 is 11.2 Å². The minimum absolute atomic E-state index is 0.0405. The Balaban J connectivity index is 2.86. The van der Waals surface area contributed by atoms with E-state index in [1.807, 2.05) is 4.98 Å². The minimum Gasteiger partial charge on any atom is -0.494 e. The van der Waals surface area contributed by atoms with E-state index in [1.165, 1.54) is 0 Å². The van der Waals surface area contributed by atoms with Crippen LogP contribution in [-0.2, 0) is 6.54 Å². The number of rotatable bonds is 4. The normalized spacial score (nSPS) is 10.4. The van der Waals surface area contributed by atoms with Crippen LogP contribution >= 0.6 is 0 Å². The average Bonchev–Trinajstić information content (AvgIpc) is 2.09. The van der Waals surface area contributed by atoms with Gasteiger partial charge in [-0.15, -0.1) is 0 Å². The molecular weight excluding hydrogens is 188 g/mol. The highest BCUT2D eigenvalue weighted by atomic mass is 16.3. The second-order valence-corrected chi connectivity index (χ2v) is 2.88. The molecule has 1 heterocycles. The number of hydrogen-bond acceptors (Lipinski definition) is 4. The zero-order valence-corrected chi connectivity index (χ0v) is 7.56. The molecule has 0 aliphatic carbocycles. The van der Waals surface area contributed by atoms with Gasteiger partial charge in [-0.2, -0.15) is 0 Å². The van der Waals surface area contributed by atoms with Crippen molar-refractivity contribution in [1.29, 1.82) is 0 Å². The zero-order chi connectivity index (χ0) is 10.6. The second-order valence-electron chi connectivity index (χ2n) is 2.88. The van der Waals surface area contributed by atoms with Crippen molar-refractivity contribution in [3.8, 4) is 5.88 Å². The smallest absolute Gasteiger partial charge is 0.331 e. The maximum absolute atomic E-state index is 11.1. The highest BCUT2D eigenvalue weighted by Gasteiger charge is 2.03. The van der Waals surface area contributed by atoms with Gasteiger partial charge < -0.3 is 10.2 Å². The predicted molar refractivity (Wildman–Crippen MR) is 49.3 cm³/mol. The van der Waals surface area contributed by atoms with Crippen LogP contribution in [0.4, 0.5) is 0 Å². The quantitative estimate of drug-likeness (QED) is 0.544. The molecule has 0 aliphatic rings. The molecule has 3 N–H and O–H groups in total. The lowest BCUT2D eigenvalue weighted by atomic mass is 10.3. The van der Waals surface area contributed by atoms with E-state index in [1.54, 1.807) is 0 Å². The van der Waals surface area contributed by atoms with Gasteiger partial charge in [-0.05, 0) is 12.8 Å². The van der Waals surface area contributed by atoms with E-state index in [0.717, 1.165) is 10.6 Å². The SMILES string of the molecule is O=c1cc(O)n(CCCCO)c(=O)[nH]1. The van der Waals surface area contributed by atoms with Crippen molar-refractivity contribution in [1.82, 2.24) is 9.55 Å². The summed E-state index contributed by atoms with van der Waals surface area (Å²) in [6.07, 6.45) is 1.11. The van der Waals surface area contributed by atoms with Gasteiger partial charge in [0.05, 0.1) is 6.07 Å². The number of H-pyrrole nitrogens is 1. The molecule has 6 nitrogen and oxygen atoms in total. The summed E-state index contributed by atoms with van der Waals surface area (Å²) >= 11 is 0. The van der Waals surface area contributed by atoms with Crippen molar-refractivity contribution in [2.24, 2.45) is 0 Å². The van der Waals surface area contributed by atoms with Gasteiger partial charge in [0.1, 0.15) is 0 Å². The Morgan fingerprint density at radius 1 is 1.36 bits per heavy atom. The molecular formula is C8H12N2O4. The Morgan fingerprint density at radius 2 is 2.07 bits per heavy atom. The second kappa shape index (κ2) is 4.61. The van der Waals surface area contributed by atoms with Crippen LogP contribution in [-0.4, -0.2) is 26.4 Å². The molecule has 0 aromatic carbocycles. The molecule has 6 heteroatoms. The van der Waals surface area contributed by atoms with Crippen molar-refractivity contribution in [2.45, 2.75) is 19.4 Å². The summed E-state index contributed by atoms with van der Waals surface area (Å²) in [6, 6.07) is 0.945. The molecule has 0 saturated carbocycles. The fourth-order valence-corrected chi connectivity index (χ4v) is 1.11. The van der Waals surface area contributed by atoms with E-state index in [4.69, 9.17) is 5.11 Å². The van der Waals surface area contributed by atoms with E-state index in [2.05, 4.69) is 0 Å². The molecule has 0 spiro atoms. The minimum atomic E-state index is -0.632. The monoisotopic (exact) mass is 200 g/mol. The van der Waals surface area contributed by atoms with Crippen molar-refractivity contribution < 1.29 is 10.2 Å². The Labute approximate surface area is 79.5 Å². The third-order valence-corrected chi connectivity index (χ3v) is 1.80. The van der Waals surface area contributed by atoms with Gasteiger partial charge in [0, 0.05) is 13.2 Å². The molecule has 0 radical (unpaired) electrons. The number of hydrogen-bond donors (Lipinski definition) is 3. The highest BCUT2D eigenvalue weighted by molar-refractivity contribution is 5.05. The first-order chi connectivity index (χ1) is 6.65. The maximum atomic E-state index is 11.1. The average molecular weight is 200 g/mol. The molecule has 0 fully saturated rings. The zero-order valence-electron chi connectivity index (χ0n) is 7.56. The van der Waals surface area contributed by atoms with Crippen LogP contribution in [0, 0.1) is 0 Å². The Hall–Kier alpha value is -1.56. The number of unbranched alkanes of at least 4 members (excludes halogenated alkanes) is 1. The first-order valence-corrected chi connectivity index (χ1v) is 4.29. The molecule has 0 atom stereocenters. The lowest BCUT2D eigenvalue weighted by molar-refractivity contribution is 0.278. The van der Waals surface area contributed by atoms with E-state index in [0.29, 0.717) is 12.8 Å². The topological polar surface area (TPSA) is 95.3 Å². The number of nitrogens with one attached hydrogen (secondary N) is 1. The number of aromatic hydroxyl groups is 1. The van der Waals surface area contributed by atoms with Crippen LogP contribution < -0.4 is 11.2 Å². The molecule has 14 heavy (non-hydrogen) atoms. The Kier molecular flexibility index (Phi) is 3.47. The van der Waals surface area contributed by atoms with Crippen LogP contribution in [0.15, 0.2) is 15.7 Å². The van der Waals surface area contributed by atoms with Crippen molar-refractivity contribution in [2.75, 3.05) is 6.61 Å². The van der Waals surface area contributed by atoms with E-state index in [-0.39, 0.29) is 19.0 Å². The first-order valence-electron chi connectivity index (χ1n) is 4.29. The Bertz CT molecular complexity index is 407. The van der Waals surface area contributed by atoms with Crippen molar-refractivity contribution in [3.05, 3.63) is 26.9 Å². The molecule has 0 unspecified atom stereocenters. The fourth-order valence-electron chi connectivity index (χ4n) is 1.11. The van der Waals surface area contributed by atoms with Crippen LogP contribution in [0.2, 0.25) is 0 Å². The molecule has 1 rings (SSSR count). The first kappa shape index (κ1) is 10.5.